The predicted molar refractivity (Wildman–Crippen MR) is 55.5 cm³/mol. The summed E-state index contributed by atoms with van der Waals surface area (Å²) >= 11 is 0. The topological polar surface area (TPSA) is 17.1 Å². The molecule has 1 aromatic rings. The van der Waals surface area contributed by atoms with Crippen molar-refractivity contribution in [2.45, 2.75) is 4.90 Å². The van der Waals surface area contributed by atoms with Gasteiger partial charge in [-0.1, -0.05) is 24.3 Å². The summed E-state index contributed by atoms with van der Waals surface area (Å²) in [5.41, 5.74) is 0. The lowest BCUT2D eigenvalue weighted by Crippen LogP contribution is -1.86. The highest BCUT2D eigenvalue weighted by atomic mass is 33.1. The van der Waals surface area contributed by atoms with E-state index >= 15 is 0 Å². The second kappa shape index (κ2) is 5.17. The van der Waals surface area contributed by atoms with Crippen molar-refractivity contribution in [1.82, 2.24) is 0 Å². The van der Waals surface area contributed by atoms with Gasteiger partial charge in [-0.2, -0.15) is 0 Å². The fraction of sp³-hybridized carbons (Fsp3) is 0.111. The van der Waals surface area contributed by atoms with Crippen LogP contribution >= 0.6 is 10.8 Å². The molecular formula is C9H10OS2. The van der Waals surface area contributed by atoms with Crippen LogP contribution in [0.15, 0.2) is 47.9 Å². The third-order valence-electron chi connectivity index (χ3n) is 1.19. The van der Waals surface area contributed by atoms with Gasteiger partial charge in [-0.05, 0) is 22.9 Å². The number of hydrogen-bond donors (Lipinski definition) is 0. The van der Waals surface area contributed by atoms with E-state index in [1.165, 1.54) is 10.8 Å². The van der Waals surface area contributed by atoms with Gasteiger partial charge >= 0.3 is 0 Å². The predicted octanol–water partition coefficient (Wildman–Crippen LogP) is 2.63. The van der Waals surface area contributed by atoms with Gasteiger partial charge < -0.3 is 0 Å². The van der Waals surface area contributed by atoms with Gasteiger partial charge in [0.05, 0.1) is 15.6 Å². The average molecular weight is 198 g/mol. The Morgan fingerprint density at radius 3 is 2.67 bits per heavy atom. The summed E-state index contributed by atoms with van der Waals surface area (Å²) in [6.07, 6.45) is 1.67. The Kier molecular flexibility index (Phi) is 4.11. The molecule has 12 heavy (non-hydrogen) atoms. The molecule has 0 spiro atoms. The quantitative estimate of drug-likeness (QED) is 0.546. The highest BCUT2D eigenvalue weighted by Gasteiger charge is 1.98. The maximum atomic E-state index is 11.2. The largest absolute Gasteiger partial charge is 0.247 e. The first kappa shape index (κ1) is 9.55. The van der Waals surface area contributed by atoms with E-state index < -0.39 is 9.83 Å². The van der Waals surface area contributed by atoms with E-state index in [0.29, 0.717) is 5.75 Å². The van der Waals surface area contributed by atoms with Crippen LogP contribution < -0.4 is 0 Å². The first-order valence-corrected chi connectivity index (χ1v) is 6.21. The molecule has 0 aliphatic heterocycles. The van der Waals surface area contributed by atoms with Crippen molar-refractivity contribution in [1.29, 1.82) is 0 Å². The maximum absolute atomic E-state index is 11.2. The molecule has 0 aliphatic carbocycles. The molecule has 0 heterocycles. The van der Waals surface area contributed by atoms with Crippen LogP contribution in [-0.2, 0) is 9.83 Å². The molecule has 1 nitrogen and oxygen atoms in total. The lowest BCUT2D eigenvalue weighted by Gasteiger charge is -1.97. The number of hydrogen-bond acceptors (Lipinski definition) is 2. The van der Waals surface area contributed by atoms with Gasteiger partial charge in [0.2, 0.25) is 0 Å². The van der Waals surface area contributed by atoms with Gasteiger partial charge in [-0.3, -0.25) is 0 Å². The second-order valence-electron chi connectivity index (χ2n) is 2.16. The Morgan fingerprint density at radius 1 is 1.42 bits per heavy atom. The van der Waals surface area contributed by atoms with Crippen LogP contribution in [0, 0.1) is 0 Å². The third-order valence-corrected chi connectivity index (χ3v) is 3.89. The molecule has 1 atom stereocenters. The van der Waals surface area contributed by atoms with Crippen molar-refractivity contribution in [2.75, 3.05) is 5.75 Å². The summed E-state index contributed by atoms with van der Waals surface area (Å²) in [5.74, 6) is 0.541. The second-order valence-corrected chi connectivity index (χ2v) is 5.35. The molecular weight excluding hydrogens is 188 g/mol. The van der Waals surface area contributed by atoms with Crippen molar-refractivity contribution in [2.24, 2.45) is 0 Å². The van der Waals surface area contributed by atoms with Gasteiger partial charge in [0.1, 0.15) is 0 Å². The average Bonchev–Trinajstić information content (AvgIpc) is 2.06. The zero-order valence-electron chi connectivity index (χ0n) is 6.60. The highest BCUT2D eigenvalue weighted by Crippen LogP contribution is 2.20. The lowest BCUT2D eigenvalue weighted by atomic mass is 10.4. The first-order chi connectivity index (χ1) is 5.83. The first-order valence-electron chi connectivity index (χ1n) is 3.55. The molecule has 0 N–H and O–H groups in total. The van der Waals surface area contributed by atoms with Crippen LogP contribution in [-0.4, -0.2) is 9.96 Å². The minimum atomic E-state index is -0.872. The molecule has 1 rings (SSSR count). The smallest absolute Gasteiger partial charge is 0.0890 e. The summed E-state index contributed by atoms with van der Waals surface area (Å²) in [5, 5.41) is 0. The summed E-state index contributed by atoms with van der Waals surface area (Å²) in [6, 6.07) is 9.72. The molecule has 64 valence electrons. The zero-order valence-corrected chi connectivity index (χ0v) is 8.24. The fourth-order valence-electron chi connectivity index (χ4n) is 0.714. The van der Waals surface area contributed by atoms with Crippen LogP contribution in [0.2, 0.25) is 0 Å². The van der Waals surface area contributed by atoms with Crippen LogP contribution in [0.3, 0.4) is 0 Å². The molecule has 3 heteroatoms. The molecule has 0 fully saturated rings. The van der Waals surface area contributed by atoms with E-state index in [-0.39, 0.29) is 0 Å². The molecule has 0 aliphatic rings. The minimum absolute atomic E-state index is 0.541. The lowest BCUT2D eigenvalue weighted by molar-refractivity contribution is 0.693. The van der Waals surface area contributed by atoms with Gasteiger partial charge in [0.25, 0.3) is 0 Å². The Morgan fingerprint density at radius 2 is 2.08 bits per heavy atom. The van der Waals surface area contributed by atoms with Gasteiger partial charge in [0, 0.05) is 4.90 Å². The Bertz CT molecular complexity index is 269. The van der Waals surface area contributed by atoms with Crippen molar-refractivity contribution < 1.29 is 4.21 Å². The van der Waals surface area contributed by atoms with E-state index in [0.717, 1.165) is 4.90 Å². The molecule has 0 saturated carbocycles. The van der Waals surface area contributed by atoms with Crippen molar-refractivity contribution in [3.8, 4) is 0 Å². The summed E-state index contributed by atoms with van der Waals surface area (Å²) < 4.78 is 11.2. The van der Waals surface area contributed by atoms with Gasteiger partial charge in [0.15, 0.2) is 0 Å². The summed E-state index contributed by atoms with van der Waals surface area (Å²) in [7, 11) is 0.497. The summed E-state index contributed by atoms with van der Waals surface area (Å²) in [6.45, 7) is 3.54. The van der Waals surface area contributed by atoms with Gasteiger partial charge in [-0.25, -0.2) is 4.21 Å². The molecule has 0 aromatic heterocycles. The van der Waals surface area contributed by atoms with Gasteiger partial charge in [-0.15, -0.1) is 6.58 Å². The molecule has 0 saturated heterocycles. The Labute approximate surface area is 78.7 Å². The van der Waals surface area contributed by atoms with E-state index in [4.69, 9.17) is 0 Å². The SMILES string of the molecule is C=CCS(=O)Sc1ccccc1. The Hall–Kier alpha value is -0.540. The molecule has 0 bridgehead atoms. The maximum Gasteiger partial charge on any atom is 0.0890 e. The molecule has 1 aromatic carbocycles. The van der Waals surface area contributed by atoms with Crippen LogP contribution in [0.1, 0.15) is 0 Å². The van der Waals surface area contributed by atoms with Crippen molar-refractivity contribution in [3.63, 3.8) is 0 Å². The van der Waals surface area contributed by atoms with Crippen molar-refractivity contribution >= 4 is 20.6 Å². The van der Waals surface area contributed by atoms with E-state index in [1.54, 1.807) is 6.08 Å². The van der Waals surface area contributed by atoms with E-state index in [2.05, 4.69) is 6.58 Å². The fourth-order valence-corrected chi connectivity index (χ4v) is 2.93. The third kappa shape index (κ3) is 3.24. The number of benzene rings is 1. The molecule has 1 unspecified atom stereocenters. The minimum Gasteiger partial charge on any atom is -0.247 e. The Balaban J connectivity index is 2.52. The monoisotopic (exact) mass is 198 g/mol. The molecule has 0 radical (unpaired) electrons. The van der Waals surface area contributed by atoms with Crippen LogP contribution in [0.5, 0.6) is 0 Å². The van der Waals surface area contributed by atoms with Crippen LogP contribution in [0.25, 0.3) is 0 Å². The summed E-state index contributed by atoms with van der Waals surface area (Å²) in [4.78, 5) is 1.04. The number of rotatable bonds is 4. The van der Waals surface area contributed by atoms with E-state index in [9.17, 15) is 4.21 Å². The normalized spacial score (nSPS) is 12.3. The molecule has 0 amide bonds. The highest BCUT2D eigenvalue weighted by molar-refractivity contribution is 8.69. The zero-order chi connectivity index (χ0) is 8.81. The van der Waals surface area contributed by atoms with Crippen molar-refractivity contribution in [3.05, 3.63) is 43.0 Å². The van der Waals surface area contributed by atoms with E-state index in [1.807, 2.05) is 30.3 Å². The standard InChI is InChI=1S/C9H10OS2/c1-2-8-12(10)11-9-6-4-3-5-7-9/h2-7H,1,8H2. The van der Waals surface area contributed by atoms with Crippen LogP contribution in [0.4, 0.5) is 0 Å².